The second-order valence-electron chi connectivity index (χ2n) is 13.0. The van der Waals surface area contributed by atoms with Crippen LogP contribution in [0.15, 0.2) is 116 Å². The van der Waals surface area contributed by atoms with Crippen LogP contribution in [0.1, 0.15) is 53.1 Å². The molecule has 6 rings (SSSR count). The van der Waals surface area contributed by atoms with Gasteiger partial charge in [0.2, 0.25) is 5.91 Å². The standard InChI is InChI=1S/C41H43N3O7/c1-3-19-43(2)25-35-22-37(31-17-15-28(26-45)16-18-31)51-40(50-35)34-14-8-13-33(21-34)32-12-7-11-30(20-32)24-44-38(46)23-36(39(44)47)42-41(48)49-27-29-9-5-4-6-10-29/h3-18,20-21,35-37,40,45H,1,19,22-27H2,2H3,(H,42,48). The van der Waals surface area contributed by atoms with E-state index in [1.54, 1.807) is 0 Å². The highest BCUT2D eigenvalue weighted by Crippen LogP contribution is 2.39. The summed E-state index contributed by atoms with van der Waals surface area (Å²) in [5, 5.41) is 12.1. The average Bonchev–Trinajstić information content (AvgIpc) is 3.41. The molecule has 2 N–H and O–H groups in total. The summed E-state index contributed by atoms with van der Waals surface area (Å²) < 4.78 is 18.3. The normalized spacial score (nSPS) is 20.4. The number of rotatable bonds is 13. The van der Waals surface area contributed by atoms with Crippen molar-refractivity contribution in [3.63, 3.8) is 0 Å². The smallest absolute Gasteiger partial charge is 0.408 e. The third kappa shape index (κ3) is 9.16. The highest BCUT2D eigenvalue weighted by molar-refractivity contribution is 6.06. The molecule has 3 amide bonds. The van der Waals surface area contributed by atoms with Gasteiger partial charge in [0.15, 0.2) is 6.29 Å². The van der Waals surface area contributed by atoms with Gasteiger partial charge in [-0.05, 0) is 52.6 Å². The second-order valence-corrected chi connectivity index (χ2v) is 13.0. The van der Waals surface area contributed by atoms with Gasteiger partial charge in [0, 0.05) is 25.1 Å². The van der Waals surface area contributed by atoms with Gasteiger partial charge in [-0.15, -0.1) is 6.58 Å². The predicted octanol–water partition coefficient (Wildman–Crippen LogP) is 6.06. The number of likely N-dealkylation sites (tertiary alicyclic amines) is 1. The number of carbonyl (C=O) groups excluding carboxylic acids is 3. The second kappa shape index (κ2) is 16.7. The molecule has 264 valence electrons. The zero-order chi connectivity index (χ0) is 35.7. The lowest BCUT2D eigenvalue weighted by Gasteiger charge is -2.37. The molecule has 2 heterocycles. The van der Waals surface area contributed by atoms with E-state index in [4.69, 9.17) is 14.2 Å². The first-order valence-electron chi connectivity index (χ1n) is 17.1. The molecule has 10 heteroatoms. The zero-order valence-corrected chi connectivity index (χ0v) is 28.6. The van der Waals surface area contributed by atoms with Crippen molar-refractivity contribution < 1.29 is 33.7 Å². The third-order valence-electron chi connectivity index (χ3n) is 9.08. The van der Waals surface area contributed by atoms with E-state index in [9.17, 15) is 19.5 Å². The lowest BCUT2D eigenvalue weighted by molar-refractivity contribution is -0.252. The number of hydrogen-bond donors (Lipinski definition) is 2. The number of benzene rings is 4. The van der Waals surface area contributed by atoms with Crippen LogP contribution in [0.5, 0.6) is 0 Å². The maximum Gasteiger partial charge on any atom is 0.408 e. The van der Waals surface area contributed by atoms with Crippen LogP contribution in [-0.2, 0) is 43.6 Å². The molecule has 0 spiro atoms. The van der Waals surface area contributed by atoms with Crippen LogP contribution >= 0.6 is 0 Å². The summed E-state index contributed by atoms with van der Waals surface area (Å²) in [6.07, 6.45) is 0.759. The highest BCUT2D eigenvalue weighted by Gasteiger charge is 2.40. The quantitative estimate of drug-likeness (QED) is 0.129. The molecular formula is C41H43N3O7. The molecule has 2 saturated heterocycles. The van der Waals surface area contributed by atoms with Crippen molar-refractivity contribution in [1.82, 2.24) is 15.1 Å². The van der Waals surface area contributed by atoms with Gasteiger partial charge in [-0.2, -0.15) is 0 Å². The van der Waals surface area contributed by atoms with Crippen molar-refractivity contribution in [2.24, 2.45) is 0 Å². The van der Waals surface area contributed by atoms with Crippen molar-refractivity contribution in [3.8, 4) is 11.1 Å². The number of hydrogen-bond acceptors (Lipinski definition) is 8. The molecule has 4 aromatic rings. The number of alkyl carbamates (subject to hydrolysis) is 1. The van der Waals surface area contributed by atoms with Crippen molar-refractivity contribution in [2.45, 2.75) is 57.1 Å². The molecule has 2 aliphatic rings. The number of likely N-dealkylation sites (N-methyl/N-ethyl adjacent to an activating group) is 1. The minimum atomic E-state index is -0.979. The van der Waals surface area contributed by atoms with Crippen molar-refractivity contribution in [3.05, 3.63) is 144 Å². The monoisotopic (exact) mass is 689 g/mol. The number of aliphatic hydroxyl groups excluding tert-OH is 1. The SMILES string of the molecule is C=CCN(C)CC1CC(c2ccc(CO)cc2)OC(c2cccc(-c3cccc(CN4C(=O)CC(NC(=O)OCc5ccccc5)C4=O)c3)c2)O1. The summed E-state index contributed by atoms with van der Waals surface area (Å²) in [7, 11) is 2.04. The lowest BCUT2D eigenvalue weighted by Crippen LogP contribution is -2.41. The van der Waals surface area contributed by atoms with Gasteiger partial charge in [-0.25, -0.2) is 4.79 Å². The Bertz CT molecular complexity index is 1830. The van der Waals surface area contributed by atoms with Crippen LogP contribution < -0.4 is 5.32 Å². The summed E-state index contributed by atoms with van der Waals surface area (Å²) in [5.74, 6) is -0.828. The summed E-state index contributed by atoms with van der Waals surface area (Å²) >= 11 is 0. The molecule has 0 aliphatic carbocycles. The van der Waals surface area contributed by atoms with Gasteiger partial charge >= 0.3 is 6.09 Å². The number of imide groups is 1. The Morgan fingerprint density at radius 1 is 0.922 bits per heavy atom. The minimum Gasteiger partial charge on any atom is -0.445 e. The van der Waals surface area contributed by atoms with Gasteiger partial charge in [0.25, 0.3) is 5.91 Å². The van der Waals surface area contributed by atoms with E-state index in [-0.39, 0.29) is 44.3 Å². The van der Waals surface area contributed by atoms with Crippen molar-refractivity contribution >= 4 is 17.9 Å². The molecule has 0 radical (unpaired) electrons. The number of amides is 3. The van der Waals surface area contributed by atoms with Crippen molar-refractivity contribution in [2.75, 3.05) is 20.1 Å². The molecule has 10 nitrogen and oxygen atoms in total. The van der Waals surface area contributed by atoms with Crippen LogP contribution in [0, 0.1) is 0 Å². The molecule has 4 unspecified atom stereocenters. The Kier molecular flexibility index (Phi) is 11.7. The molecule has 0 aromatic heterocycles. The van der Waals surface area contributed by atoms with E-state index >= 15 is 0 Å². The topological polar surface area (TPSA) is 118 Å². The van der Waals surface area contributed by atoms with Gasteiger partial charge in [0.05, 0.1) is 31.8 Å². The highest BCUT2D eigenvalue weighted by atomic mass is 16.7. The van der Waals surface area contributed by atoms with Gasteiger partial charge < -0.3 is 29.5 Å². The van der Waals surface area contributed by atoms with Crippen LogP contribution in [0.25, 0.3) is 11.1 Å². The van der Waals surface area contributed by atoms with Gasteiger partial charge in [-0.1, -0.05) is 97.1 Å². The van der Waals surface area contributed by atoms with E-state index in [1.165, 1.54) is 4.90 Å². The number of aliphatic hydroxyl groups is 1. The summed E-state index contributed by atoms with van der Waals surface area (Å²) in [6.45, 7) is 5.42. The lowest BCUT2D eigenvalue weighted by atomic mass is 9.98. The molecule has 51 heavy (non-hydrogen) atoms. The largest absolute Gasteiger partial charge is 0.445 e. The first-order valence-corrected chi connectivity index (χ1v) is 17.1. The van der Waals surface area contributed by atoms with Gasteiger partial charge in [-0.3, -0.25) is 14.5 Å². The minimum absolute atomic E-state index is 0.0190. The van der Waals surface area contributed by atoms with Gasteiger partial charge in [0.1, 0.15) is 12.6 Å². The average molecular weight is 690 g/mol. The molecule has 4 aromatic carbocycles. The molecule has 2 aliphatic heterocycles. The summed E-state index contributed by atoms with van der Waals surface area (Å²) in [4.78, 5) is 41.8. The number of carbonyl (C=O) groups is 3. The Morgan fingerprint density at radius 2 is 1.65 bits per heavy atom. The van der Waals surface area contributed by atoms with E-state index in [2.05, 4.69) is 16.8 Å². The fourth-order valence-electron chi connectivity index (χ4n) is 6.44. The summed E-state index contributed by atoms with van der Waals surface area (Å²) in [5.41, 5.74) is 6.15. The van der Waals surface area contributed by atoms with Crippen LogP contribution in [0.4, 0.5) is 4.79 Å². The third-order valence-corrected chi connectivity index (χ3v) is 9.08. The Labute approximate surface area is 298 Å². The summed E-state index contributed by atoms with van der Waals surface area (Å²) in [6, 6.07) is 31.7. The maximum atomic E-state index is 13.2. The van der Waals surface area contributed by atoms with Crippen LogP contribution in [0.3, 0.4) is 0 Å². The predicted molar refractivity (Wildman–Crippen MR) is 192 cm³/mol. The number of nitrogens with zero attached hydrogens (tertiary/aromatic N) is 2. The van der Waals surface area contributed by atoms with E-state index in [0.29, 0.717) is 13.0 Å². The van der Waals surface area contributed by atoms with E-state index < -0.39 is 24.3 Å². The zero-order valence-electron chi connectivity index (χ0n) is 28.6. The molecule has 4 atom stereocenters. The Hall–Kier alpha value is -5.13. The van der Waals surface area contributed by atoms with Crippen molar-refractivity contribution in [1.29, 1.82) is 0 Å². The fourth-order valence-corrected chi connectivity index (χ4v) is 6.44. The number of ether oxygens (including phenoxy) is 3. The maximum absolute atomic E-state index is 13.2. The van der Waals surface area contributed by atoms with Crippen LogP contribution in [-0.4, -0.2) is 65.1 Å². The Balaban J connectivity index is 1.13. The first kappa shape index (κ1) is 35.7. The molecule has 0 saturated carbocycles. The molecule has 0 bridgehead atoms. The van der Waals surface area contributed by atoms with Crippen LogP contribution in [0.2, 0.25) is 0 Å². The van der Waals surface area contributed by atoms with E-state index in [1.807, 2.05) is 116 Å². The first-order chi connectivity index (χ1) is 24.8. The fraction of sp³-hybridized carbons (Fsp3) is 0.293. The number of nitrogens with one attached hydrogen (secondary N) is 1. The van der Waals surface area contributed by atoms with E-state index in [0.717, 1.165) is 45.5 Å². The molecular weight excluding hydrogens is 646 g/mol. The Morgan fingerprint density at radius 3 is 2.39 bits per heavy atom. The molecule has 2 fully saturated rings.